The molecule has 3 aromatic rings. The highest BCUT2D eigenvalue weighted by atomic mass is 79.9. The monoisotopic (exact) mass is 497 g/mol. The predicted octanol–water partition coefficient (Wildman–Crippen LogP) is -2.34. The number of halogens is 2. The molecule has 0 aliphatic carbocycles. The Hall–Kier alpha value is -2.92. The number of fused-ring (bicyclic) bond motifs is 1. The third kappa shape index (κ3) is 4.46. The molecule has 0 aliphatic rings. The van der Waals surface area contributed by atoms with Gasteiger partial charge in [0, 0.05) is 0 Å². The van der Waals surface area contributed by atoms with Crippen molar-refractivity contribution in [3.8, 4) is 0 Å². The maximum atomic E-state index is 12.6. The van der Waals surface area contributed by atoms with E-state index in [-0.39, 0.29) is 52.6 Å². The van der Waals surface area contributed by atoms with Crippen LogP contribution in [0.15, 0.2) is 24.3 Å². The molecular formula is C18H21BrClN7O3. The van der Waals surface area contributed by atoms with Crippen LogP contribution in [0.3, 0.4) is 0 Å². The van der Waals surface area contributed by atoms with E-state index >= 15 is 0 Å². The minimum absolute atomic E-state index is 0. The number of aryl methyl sites for hydroxylation is 1. The number of rotatable bonds is 6. The van der Waals surface area contributed by atoms with E-state index in [4.69, 9.17) is 27.8 Å². The number of aromatic nitrogens is 4. The molecule has 0 fully saturated rings. The molecule has 1 amide bonds. The van der Waals surface area contributed by atoms with Crippen LogP contribution in [0, 0.1) is 0 Å². The molecule has 5 N–H and O–H groups in total. The number of carbonyl (C=O) groups excluding carboxylic acids is 2. The third-order valence-corrected chi connectivity index (χ3v) is 4.72. The van der Waals surface area contributed by atoms with Crippen molar-refractivity contribution in [3.05, 3.63) is 40.9 Å². The van der Waals surface area contributed by atoms with E-state index in [0.29, 0.717) is 12.4 Å². The molecule has 0 radical (unpaired) electrons. The fraction of sp³-hybridized carbons (Fsp3) is 0.278. The number of para-hydroxylation sites is 2. The lowest BCUT2D eigenvalue weighted by molar-refractivity contribution is -0.669. The minimum Gasteiger partial charge on any atom is -1.00 e. The second-order valence-corrected chi connectivity index (χ2v) is 6.49. The number of nitrogens with zero attached hydrogens (tertiary/aromatic N) is 4. The van der Waals surface area contributed by atoms with E-state index in [2.05, 4.69) is 15.3 Å². The lowest BCUT2D eigenvalue weighted by atomic mass is 10.3. The summed E-state index contributed by atoms with van der Waals surface area (Å²) in [5.74, 6) is -0.428. The zero-order chi connectivity index (χ0) is 21.1. The summed E-state index contributed by atoms with van der Waals surface area (Å²) in [6, 6.07) is 7.64. The highest BCUT2D eigenvalue weighted by molar-refractivity contribution is 6.31. The number of methoxy groups -OCH3 is 1. The standard InChI is InChI=1S/C18H20ClN7O3.BrH/c1-3-25-10-6-4-5-7-11(10)26(9-13(27)29-2)12(25)8-22-18(28)14-16(20)24-17(21)15(19)23-14;/h4-7H,3,8-9H2,1-2H3,(H4-,20,21,22,24,28);1H. The average molecular weight is 499 g/mol. The number of benzene rings is 1. The molecule has 0 saturated heterocycles. The van der Waals surface area contributed by atoms with Crippen molar-refractivity contribution in [1.82, 2.24) is 19.9 Å². The number of amides is 1. The number of nitrogens with two attached hydrogens (primary N) is 2. The lowest BCUT2D eigenvalue weighted by Crippen LogP contribution is -3.00. The molecule has 12 heteroatoms. The Morgan fingerprint density at radius 1 is 1.23 bits per heavy atom. The van der Waals surface area contributed by atoms with E-state index in [1.807, 2.05) is 35.8 Å². The summed E-state index contributed by atoms with van der Waals surface area (Å²) in [4.78, 5) is 32.3. The van der Waals surface area contributed by atoms with Gasteiger partial charge in [-0.3, -0.25) is 4.79 Å². The predicted molar refractivity (Wildman–Crippen MR) is 107 cm³/mol. The summed E-state index contributed by atoms with van der Waals surface area (Å²) in [6.07, 6.45) is 0. The van der Waals surface area contributed by atoms with Crippen molar-refractivity contribution >= 4 is 46.1 Å². The average Bonchev–Trinajstić information content (AvgIpc) is 3.01. The van der Waals surface area contributed by atoms with E-state index < -0.39 is 11.9 Å². The Kier molecular flexibility index (Phi) is 7.57. The fourth-order valence-corrected chi connectivity index (χ4v) is 3.24. The summed E-state index contributed by atoms with van der Waals surface area (Å²) in [7, 11) is 1.33. The van der Waals surface area contributed by atoms with E-state index in [9.17, 15) is 9.59 Å². The van der Waals surface area contributed by atoms with Crippen LogP contribution in [0.4, 0.5) is 11.6 Å². The molecule has 3 rings (SSSR count). The van der Waals surface area contributed by atoms with Crippen LogP contribution in [-0.2, 0) is 29.2 Å². The Labute approximate surface area is 187 Å². The highest BCUT2D eigenvalue weighted by Crippen LogP contribution is 2.18. The largest absolute Gasteiger partial charge is 1.00 e. The molecule has 10 nitrogen and oxygen atoms in total. The van der Waals surface area contributed by atoms with Gasteiger partial charge >= 0.3 is 5.97 Å². The smallest absolute Gasteiger partial charge is 0.348 e. The van der Waals surface area contributed by atoms with Gasteiger partial charge in [-0.1, -0.05) is 23.7 Å². The quantitative estimate of drug-likeness (QED) is 0.255. The van der Waals surface area contributed by atoms with Gasteiger partial charge in [-0.05, 0) is 19.1 Å². The Morgan fingerprint density at radius 2 is 1.93 bits per heavy atom. The van der Waals surface area contributed by atoms with Gasteiger partial charge in [0.1, 0.15) is 6.54 Å². The first-order valence-electron chi connectivity index (χ1n) is 8.80. The third-order valence-electron chi connectivity index (χ3n) is 4.44. The number of imidazole rings is 1. The second kappa shape index (κ2) is 9.72. The van der Waals surface area contributed by atoms with Crippen LogP contribution < -0.4 is 38.3 Å². The van der Waals surface area contributed by atoms with Crippen LogP contribution in [0.1, 0.15) is 23.2 Å². The first-order chi connectivity index (χ1) is 13.9. The van der Waals surface area contributed by atoms with Gasteiger partial charge in [-0.25, -0.2) is 23.9 Å². The number of hydrogen-bond acceptors (Lipinski definition) is 7. The highest BCUT2D eigenvalue weighted by Gasteiger charge is 2.27. The molecule has 1 aromatic carbocycles. The van der Waals surface area contributed by atoms with E-state index in [0.717, 1.165) is 11.0 Å². The Bertz CT molecular complexity index is 1100. The summed E-state index contributed by atoms with van der Waals surface area (Å²) in [5, 5.41) is 2.65. The minimum atomic E-state index is -0.561. The Balaban J connectivity index is 0.00000320. The van der Waals surface area contributed by atoms with Gasteiger partial charge in [0.05, 0.1) is 13.7 Å². The number of nitrogens with one attached hydrogen (secondary N) is 1. The number of nitrogen functional groups attached to an aromatic ring is 2. The van der Waals surface area contributed by atoms with Gasteiger partial charge in [0.15, 0.2) is 40.1 Å². The van der Waals surface area contributed by atoms with Crippen molar-refractivity contribution in [1.29, 1.82) is 0 Å². The second-order valence-electron chi connectivity index (χ2n) is 6.13. The zero-order valence-corrected chi connectivity index (χ0v) is 18.7. The number of hydrogen-bond donors (Lipinski definition) is 3. The van der Waals surface area contributed by atoms with E-state index in [1.165, 1.54) is 7.11 Å². The van der Waals surface area contributed by atoms with Crippen LogP contribution in [-0.4, -0.2) is 33.5 Å². The zero-order valence-electron chi connectivity index (χ0n) is 16.4. The molecule has 160 valence electrons. The molecule has 0 saturated carbocycles. The number of esters is 1. The number of carbonyl (C=O) groups is 2. The van der Waals surface area contributed by atoms with E-state index in [1.54, 1.807) is 4.57 Å². The maximum absolute atomic E-state index is 12.6. The van der Waals surface area contributed by atoms with Crippen molar-refractivity contribution in [3.63, 3.8) is 0 Å². The molecule has 2 heterocycles. The molecule has 0 spiro atoms. The van der Waals surface area contributed by atoms with Crippen molar-refractivity contribution in [2.24, 2.45) is 0 Å². The molecule has 0 unspecified atom stereocenters. The molecule has 0 aliphatic heterocycles. The van der Waals surface area contributed by atoms with Gasteiger partial charge in [0.25, 0.3) is 11.7 Å². The maximum Gasteiger partial charge on any atom is 0.348 e. The van der Waals surface area contributed by atoms with Gasteiger partial charge < -0.3 is 38.5 Å². The van der Waals surface area contributed by atoms with Crippen LogP contribution >= 0.6 is 11.6 Å². The molecular weight excluding hydrogens is 478 g/mol. The summed E-state index contributed by atoms with van der Waals surface area (Å²) < 4.78 is 8.62. The van der Waals surface area contributed by atoms with Crippen molar-refractivity contribution in [2.45, 2.75) is 26.6 Å². The van der Waals surface area contributed by atoms with Crippen molar-refractivity contribution < 1.29 is 35.9 Å². The summed E-state index contributed by atoms with van der Waals surface area (Å²) in [6.45, 7) is 2.73. The first-order valence-corrected chi connectivity index (χ1v) is 9.18. The van der Waals surface area contributed by atoms with Gasteiger partial charge in [0.2, 0.25) is 0 Å². The fourth-order valence-electron chi connectivity index (χ4n) is 3.11. The topological polar surface area (TPSA) is 142 Å². The Morgan fingerprint density at radius 3 is 2.60 bits per heavy atom. The molecule has 0 atom stereocenters. The normalized spacial score (nSPS) is 10.5. The number of anilines is 2. The van der Waals surface area contributed by atoms with Crippen molar-refractivity contribution in [2.75, 3.05) is 18.6 Å². The van der Waals surface area contributed by atoms with Gasteiger partial charge in [-0.2, -0.15) is 0 Å². The van der Waals surface area contributed by atoms with Crippen LogP contribution in [0.5, 0.6) is 0 Å². The SMILES string of the molecule is CCn1c(CNC(=O)c2nc(Cl)c(N)nc2N)[n+](CC(=O)OC)c2ccccc21.[Br-]. The number of ether oxygens (including phenoxy) is 1. The lowest BCUT2D eigenvalue weighted by Gasteiger charge is -2.08. The summed E-state index contributed by atoms with van der Waals surface area (Å²) in [5.41, 5.74) is 12.9. The molecule has 30 heavy (non-hydrogen) atoms. The first kappa shape index (κ1) is 23.4. The summed E-state index contributed by atoms with van der Waals surface area (Å²) >= 11 is 5.85. The van der Waals surface area contributed by atoms with Crippen LogP contribution in [0.25, 0.3) is 11.0 Å². The van der Waals surface area contributed by atoms with Crippen LogP contribution in [0.2, 0.25) is 5.15 Å². The molecule has 2 aromatic heterocycles. The molecule has 0 bridgehead atoms. The van der Waals surface area contributed by atoms with Gasteiger partial charge in [-0.15, -0.1) is 0 Å².